The highest BCUT2D eigenvalue weighted by Gasteiger charge is 2.44. The molecule has 3 heterocycles. The molecule has 2 aliphatic rings. The zero-order valence-corrected chi connectivity index (χ0v) is 13.8. The van der Waals surface area contributed by atoms with Crippen LogP contribution in [0.4, 0.5) is 0 Å². The fourth-order valence-corrected chi connectivity index (χ4v) is 4.63. The van der Waals surface area contributed by atoms with Gasteiger partial charge in [-0.3, -0.25) is 0 Å². The monoisotopic (exact) mass is 352 g/mol. The number of hydrogen-bond acceptors (Lipinski definition) is 8. The van der Waals surface area contributed by atoms with Crippen LogP contribution in [0.15, 0.2) is 17.6 Å². The van der Waals surface area contributed by atoms with Crippen molar-refractivity contribution in [3.8, 4) is 0 Å². The highest BCUT2D eigenvalue weighted by Crippen LogP contribution is 2.37. The Balaban J connectivity index is 1.65. The summed E-state index contributed by atoms with van der Waals surface area (Å²) in [6.45, 7) is -0.369. The van der Waals surface area contributed by atoms with Crippen LogP contribution in [0, 0.1) is 0 Å². The van der Waals surface area contributed by atoms with E-state index >= 15 is 0 Å². The summed E-state index contributed by atoms with van der Waals surface area (Å²) in [5.41, 5.74) is 0.556. The van der Waals surface area contributed by atoms with Crippen LogP contribution in [0.1, 0.15) is 31.9 Å². The quantitative estimate of drug-likeness (QED) is 0.681. The lowest BCUT2D eigenvalue weighted by molar-refractivity contribution is -0.0566. The molecule has 0 amide bonds. The van der Waals surface area contributed by atoms with E-state index in [0.717, 1.165) is 10.4 Å². The van der Waals surface area contributed by atoms with Gasteiger partial charge in [-0.25, -0.2) is 14.6 Å². The minimum atomic E-state index is -1.17. The second kappa shape index (κ2) is 6.57. The molecule has 130 valence electrons. The van der Waals surface area contributed by atoms with Crippen molar-refractivity contribution in [2.24, 2.45) is 0 Å². The first-order valence-electron chi connectivity index (χ1n) is 8.16. The Labute approximate surface area is 142 Å². The summed E-state index contributed by atoms with van der Waals surface area (Å²) in [5, 5.41) is 35.9. The number of aliphatic hydroxyl groups is 3. The van der Waals surface area contributed by atoms with Crippen LogP contribution >= 0.6 is 11.8 Å². The lowest BCUT2D eigenvalue weighted by Gasteiger charge is -2.15. The second-order valence-electron chi connectivity index (χ2n) is 6.26. The van der Waals surface area contributed by atoms with Crippen LogP contribution in [-0.2, 0) is 4.74 Å². The van der Waals surface area contributed by atoms with Crippen LogP contribution < -0.4 is 0 Å². The Hall–Kier alpha value is -1.26. The van der Waals surface area contributed by atoms with Gasteiger partial charge < -0.3 is 20.1 Å². The average molecular weight is 352 g/mol. The third kappa shape index (κ3) is 2.70. The number of fused-ring (bicyclic) bond motifs is 1. The fraction of sp³-hybridized carbons (Fsp3) is 0.667. The van der Waals surface area contributed by atoms with Crippen LogP contribution in [-0.4, -0.2) is 65.2 Å². The fourth-order valence-electron chi connectivity index (χ4n) is 3.37. The maximum absolute atomic E-state index is 10.2. The van der Waals surface area contributed by atoms with Crippen molar-refractivity contribution in [3.63, 3.8) is 0 Å². The van der Waals surface area contributed by atoms with Crippen molar-refractivity contribution in [2.75, 3.05) is 6.61 Å². The van der Waals surface area contributed by atoms with Crippen molar-refractivity contribution in [2.45, 2.75) is 60.5 Å². The number of nitrogens with zero attached hydrogens (tertiary/aromatic N) is 4. The highest BCUT2D eigenvalue weighted by molar-refractivity contribution is 8.00. The Kier molecular flexibility index (Phi) is 4.44. The van der Waals surface area contributed by atoms with E-state index in [4.69, 9.17) is 4.74 Å². The standard InChI is InChI=1S/C15H20N4O4S/c20-6-10-11(21)12(22)15(23-10)19-13-9(5-18-19)14(17-7-16-13)24-8-3-1-2-4-8/h5,7-8,10-12,15,20-22H,1-4,6H2. The predicted octanol–water partition coefficient (Wildman–Crippen LogP) is 0.472. The molecule has 3 N–H and O–H groups in total. The smallest absolute Gasteiger partial charge is 0.181 e. The zero-order chi connectivity index (χ0) is 16.7. The van der Waals surface area contributed by atoms with E-state index in [1.54, 1.807) is 18.0 Å². The first-order chi connectivity index (χ1) is 11.7. The summed E-state index contributed by atoms with van der Waals surface area (Å²) >= 11 is 1.75. The van der Waals surface area contributed by atoms with Crippen LogP contribution in [0.2, 0.25) is 0 Å². The molecule has 2 aromatic heterocycles. The van der Waals surface area contributed by atoms with Gasteiger partial charge in [0.15, 0.2) is 11.9 Å². The van der Waals surface area contributed by atoms with E-state index in [9.17, 15) is 15.3 Å². The molecule has 1 aliphatic heterocycles. The van der Waals surface area contributed by atoms with Gasteiger partial charge in [-0.1, -0.05) is 12.8 Å². The van der Waals surface area contributed by atoms with E-state index in [2.05, 4.69) is 15.1 Å². The van der Waals surface area contributed by atoms with Gasteiger partial charge in [-0.05, 0) is 12.8 Å². The minimum absolute atomic E-state index is 0.369. The largest absolute Gasteiger partial charge is 0.394 e. The van der Waals surface area contributed by atoms with Crippen LogP contribution in [0.25, 0.3) is 11.0 Å². The number of aromatic nitrogens is 4. The van der Waals surface area contributed by atoms with Crippen LogP contribution in [0.5, 0.6) is 0 Å². The molecule has 4 unspecified atom stereocenters. The van der Waals surface area contributed by atoms with Crippen molar-refractivity contribution >= 4 is 22.8 Å². The summed E-state index contributed by atoms with van der Waals surface area (Å²) in [4.78, 5) is 8.65. The van der Waals surface area contributed by atoms with Crippen molar-refractivity contribution in [3.05, 3.63) is 12.5 Å². The first-order valence-corrected chi connectivity index (χ1v) is 9.04. The molecule has 0 aromatic carbocycles. The van der Waals surface area contributed by atoms with Gasteiger partial charge in [0.2, 0.25) is 0 Å². The normalized spacial score (nSPS) is 31.3. The molecule has 2 aromatic rings. The molecule has 8 nitrogen and oxygen atoms in total. The van der Waals surface area contributed by atoms with Gasteiger partial charge in [-0.2, -0.15) is 5.10 Å². The van der Waals surface area contributed by atoms with Gasteiger partial charge >= 0.3 is 0 Å². The van der Waals surface area contributed by atoms with Crippen molar-refractivity contribution < 1.29 is 20.1 Å². The summed E-state index contributed by atoms with van der Waals surface area (Å²) in [6.07, 6.45) is 4.01. The van der Waals surface area contributed by atoms with Crippen molar-refractivity contribution in [1.82, 2.24) is 19.7 Å². The highest BCUT2D eigenvalue weighted by atomic mass is 32.2. The lowest BCUT2D eigenvalue weighted by atomic mass is 10.1. The molecule has 1 aliphatic carbocycles. The molecule has 9 heteroatoms. The number of ether oxygens (including phenoxy) is 1. The molecule has 2 fully saturated rings. The summed E-state index contributed by atoms with van der Waals surface area (Å²) in [5.74, 6) is 0. The van der Waals surface area contributed by atoms with E-state index in [1.807, 2.05) is 0 Å². The van der Waals surface area contributed by atoms with Gasteiger partial charge in [0.25, 0.3) is 0 Å². The Morgan fingerprint density at radius 2 is 2.00 bits per heavy atom. The summed E-state index contributed by atoms with van der Waals surface area (Å²) in [6, 6.07) is 0. The Morgan fingerprint density at radius 3 is 2.71 bits per heavy atom. The average Bonchev–Trinajstić information content (AvgIpc) is 3.30. The van der Waals surface area contributed by atoms with E-state index in [0.29, 0.717) is 10.9 Å². The predicted molar refractivity (Wildman–Crippen MR) is 86.4 cm³/mol. The molecule has 4 atom stereocenters. The van der Waals surface area contributed by atoms with E-state index < -0.39 is 24.5 Å². The maximum Gasteiger partial charge on any atom is 0.181 e. The molecule has 0 spiro atoms. The maximum atomic E-state index is 10.2. The molecule has 0 radical (unpaired) electrons. The lowest BCUT2D eigenvalue weighted by Crippen LogP contribution is -2.33. The molecule has 24 heavy (non-hydrogen) atoms. The number of rotatable bonds is 4. The topological polar surface area (TPSA) is 114 Å². The van der Waals surface area contributed by atoms with E-state index in [1.165, 1.54) is 36.7 Å². The Bertz CT molecular complexity index is 721. The van der Waals surface area contributed by atoms with Gasteiger partial charge in [0, 0.05) is 5.25 Å². The van der Waals surface area contributed by atoms with E-state index in [-0.39, 0.29) is 6.61 Å². The Morgan fingerprint density at radius 1 is 1.21 bits per heavy atom. The van der Waals surface area contributed by atoms with Crippen LogP contribution in [0.3, 0.4) is 0 Å². The molecule has 1 saturated heterocycles. The summed E-state index contributed by atoms with van der Waals surface area (Å²) in [7, 11) is 0. The zero-order valence-electron chi connectivity index (χ0n) is 13.0. The molecule has 1 saturated carbocycles. The van der Waals surface area contributed by atoms with Crippen molar-refractivity contribution in [1.29, 1.82) is 0 Å². The van der Waals surface area contributed by atoms with Gasteiger partial charge in [-0.15, -0.1) is 11.8 Å². The third-order valence-corrected chi connectivity index (χ3v) is 6.05. The van der Waals surface area contributed by atoms with Gasteiger partial charge in [0.05, 0.1) is 18.2 Å². The number of thioether (sulfide) groups is 1. The first kappa shape index (κ1) is 16.2. The molecule has 4 rings (SSSR count). The number of hydrogen-bond donors (Lipinski definition) is 3. The molecular weight excluding hydrogens is 332 g/mol. The SMILES string of the molecule is OCC1OC(n2ncc3c(SC4CCCC4)ncnc32)C(O)C1O. The molecule has 0 bridgehead atoms. The summed E-state index contributed by atoms with van der Waals surface area (Å²) < 4.78 is 7.00. The second-order valence-corrected chi connectivity index (χ2v) is 7.55. The molecular formula is C15H20N4O4S. The van der Waals surface area contributed by atoms with Gasteiger partial charge in [0.1, 0.15) is 29.7 Å². The number of aliphatic hydroxyl groups excluding tert-OH is 3. The minimum Gasteiger partial charge on any atom is -0.394 e. The third-order valence-electron chi connectivity index (χ3n) is 4.69.